The van der Waals surface area contributed by atoms with Crippen LogP contribution in [0.3, 0.4) is 0 Å². The third kappa shape index (κ3) is 3.52. The Labute approximate surface area is 105 Å². The van der Waals surface area contributed by atoms with Gasteiger partial charge in [-0.15, -0.1) is 0 Å². The highest BCUT2D eigenvalue weighted by Gasteiger charge is 2.21. The SMILES string of the molecule is CNC(=O)NCC(C)(C)c1cccc(Br)c1. The first-order chi connectivity index (χ1) is 7.45. The Balaban J connectivity index is 2.73. The predicted molar refractivity (Wildman–Crippen MR) is 69.6 cm³/mol. The Bertz CT molecular complexity index is 377. The van der Waals surface area contributed by atoms with Gasteiger partial charge in [-0.05, 0) is 17.7 Å². The maximum absolute atomic E-state index is 11.1. The lowest BCUT2D eigenvalue weighted by Crippen LogP contribution is -2.40. The lowest BCUT2D eigenvalue weighted by atomic mass is 9.85. The number of amides is 2. The quantitative estimate of drug-likeness (QED) is 0.880. The van der Waals surface area contributed by atoms with Gasteiger partial charge in [-0.25, -0.2) is 4.79 Å². The van der Waals surface area contributed by atoms with Crippen LogP contribution in [0.1, 0.15) is 19.4 Å². The van der Waals surface area contributed by atoms with Gasteiger partial charge in [0.1, 0.15) is 0 Å². The average molecular weight is 285 g/mol. The molecule has 0 bridgehead atoms. The Morgan fingerprint density at radius 1 is 1.44 bits per heavy atom. The van der Waals surface area contributed by atoms with E-state index >= 15 is 0 Å². The van der Waals surface area contributed by atoms with Gasteiger partial charge in [-0.2, -0.15) is 0 Å². The standard InChI is InChI=1S/C12H17BrN2O/c1-12(2,8-15-11(16)14-3)9-5-4-6-10(13)7-9/h4-7H,8H2,1-3H3,(H2,14,15,16). The highest BCUT2D eigenvalue weighted by Crippen LogP contribution is 2.24. The lowest BCUT2D eigenvalue weighted by Gasteiger charge is -2.25. The minimum absolute atomic E-state index is 0.0870. The second kappa shape index (κ2) is 5.34. The fourth-order valence-corrected chi connectivity index (χ4v) is 1.80. The number of carbonyl (C=O) groups excluding carboxylic acids is 1. The zero-order valence-corrected chi connectivity index (χ0v) is 11.4. The van der Waals surface area contributed by atoms with Gasteiger partial charge in [-0.3, -0.25) is 0 Å². The number of hydrogen-bond acceptors (Lipinski definition) is 1. The molecule has 3 nitrogen and oxygen atoms in total. The zero-order valence-electron chi connectivity index (χ0n) is 9.80. The molecule has 0 aliphatic rings. The van der Waals surface area contributed by atoms with Crippen molar-refractivity contribution in [2.45, 2.75) is 19.3 Å². The highest BCUT2D eigenvalue weighted by molar-refractivity contribution is 9.10. The zero-order chi connectivity index (χ0) is 12.2. The Morgan fingerprint density at radius 3 is 2.69 bits per heavy atom. The third-order valence-corrected chi connectivity index (χ3v) is 3.02. The van der Waals surface area contributed by atoms with E-state index in [9.17, 15) is 4.79 Å². The van der Waals surface area contributed by atoms with Crippen LogP contribution in [0.25, 0.3) is 0 Å². The van der Waals surface area contributed by atoms with E-state index in [1.54, 1.807) is 7.05 Å². The highest BCUT2D eigenvalue weighted by atomic mass is 79.9. The fraction of sp³-hybridized carbons (Fsp3) is 0.417. The Hall–Kier alpha value is -1.03. The van der Waals surface area contributed by atoms with E-state index in [0.717, 1.165) is 4.47 Å². The molecule has 1 aromatic rings. The molecule has 16 heavy (non-hydrogen) atoms. The molecule has 0 aliphatic heterocycles. The molecular weight excluding hydrogens is 268 g/mol. The lowest BCUT2D eigenvalue weighted by molar-refractivity contribution is 0.240. The van der Waals surface area contributed by atoms with E-state index in [1.807, 2.05) is 12.1 Å². The van der Waals surface area contributed by atoms with Gasteiger partial charge in [0.2, 0.25) is 0 Å². The van der Waals surface area contributed by atoms with Crippen LogP contribution < -0.4 is 10.6 Å². The average Bonchev–Trinajstić information content (AvgIpc) is 2.26. The first-order valence-corrected chi connectivity index (χ1v) is 5.96. The van der Waals surface area contributed by atoms with Gasteiger partial charge in [0.25, 0.3) is 0 Å². The third-order valence-electron chi connectivity index (χ3n) is 2.52. The van der Waals surface area contributed by atoms with Crippen LogP contribution in [-0.2, 0) is 5.41 Å². The Morgan fingerprint density at radius 2 is 2.12 bits per heavy atom. The van der Waals surface area contributed by atoms with Crippen LogP contribution >= 0.6 is 15.9 Å². The van der Waals surface area contributed by atoms with Gasteiger partial charge in [0, 0.05) is 23.5 Å². The van der Waals surface area contributed by atoms with Crippen LogP contribution in [0, 0.1) is 0 Å². The van der Waals surface area contributed by atoms with Crippen LogP contribution in [0.15, 0.2) is 28.7 Å². The normalized spacial score (nSPS) is 11.0. The van der Waals surface area contributed by atoms with Gasteiger partial charge in [0.15, 0.2) is 0 Å². The summed E-state index contributed by atoms with van der Waals surface area (Å²) in [6.45, 7) is 4.80. The summed E-state index contributed by atoms with van der Waals surface area (Å²) in [7, 11) is 1.61. The maximum Gasteiger partial charge on any atom is 0.314 e. The molecule has 0 heterocycles. The summed E-state index contributed by atoms with van der Waals surface area (Å²) < 4.78 is 1.05. The number of carbonyl (C=O) groups is 1. The van der Waals surface area contributed by atoms with Crippen molar-refractivity contribution in [2.24, 2.45) is 0 Å². The molecule has 0 unspecified atom stereocenters. The van der Waals surface area contributed by atoms with Crippen molar-refractivity contribution in [1.29, 1.82) is 0 Å². The number of urea groups is 1. The summed E-state index contributed by atoms with van der Waals surface area (Å²) in [6, 6.07) is 7.98. The summed E-state index contributed by atoms with van der Waals surface area (Å²) in [5, 5.41) is 5.37. The van der Waals surface area contributed by atoms with Crippen molar-refractivity contribution in [3.05, 3.63) is 34.3 Å². The first kappa shape index (κ1) is 13.0. The van der Waals surface area contributed by atoms with Crippen molar-refractivity contribution in [1.82, 2.24) is 10.6 Å². The summed E-state index contributed by atoms with van der Waals surface area (Å²) in [5.41, 5.74) is 1.11. The fourth-order valence-electron chi connectivity index (χ4n) is 1.40. The molecule has 0 spiro atoms. The number of hydrogen-bond donors (Lipinski definition) is 2. The van der Waals surface area contributed by atoms with Crippen LogP contribution in [-0.4, -0.2) is 19.6 Å². The van der Waals surface area contributed by atoms with Crippen molar-refractivity contribution in [2.75, 3.05) is 13.6 Å². The molecule has 88 valence electrons. The van der Waals surface area contributed by atoms with Crippen molar-refractivity contribution in [3.63, 3.8) is 0 Å². The smallest absolute Gasteiger partial charge is 0.314 e. The predicted octanol–water partition coefficient (Wildman–Crippen LogP) is 2.66. The van der Waals surface area contributed by atoms with E-state index in [1.165, 1.54) is 5.56 Å². The molecule has 0 saturated carbocycles. The van der Waals surface area contributed by atoms with Crippen LogP contribution in [0.2, 0.25) is 0 Å². The summed E-state index contributed by atoms with van der Waals surface area (Å²) in [4.78, 5) is 11.1. The maximum atomic E-state index is 11.1. The van der Waals surface area contributed by atoms with Gasteiger partial charge >= 0.3 is 6.03 Å². The molecule has 0 aromatic heterocycles. The van der Waals surface area contributed by atoms with Crippen LogP contribution in [0.4, 0.5) is 4.79 Å². The van der Waals surface area contributed by atoms with E-state index in [2.05, 4.69) is 52.5 Å². The molecule has 2 amide bonds. The van der Waals surface area contributed by atoms with Crippen molar-refractivity contribution >= 4 is 22.0 Å². The largest absolute Gasteiger partial charge is 0.341 e. The van der Waals surface area contributed by atoms with E-state index < -0.39 is 0 Å². The molecule has 0 saturated heterocycles. The molecular formula is C12H17BrN2O. The minimum atomic E-state index is -0.150. The topological polar surface area (TPSA) is 41.1 Å². The van der Waals surface area contributed by atoms with E-state index in [-0.39, 0.29) is 11.4 Å². The Kier molecular flexibility index (Phi) is 4.35. The van der Waals surface area contributed by atoms with Gasteiger partial charge in [0.05, 0.1) is 0 Å². The second-order valence-corrected chi connectivity index (χ2v) is 5.24. The molecule has 0 aliphatic carbocycles. The van der Waals surface area contributed by atoms with Crippen LogP contribution in [0.5, 0.6) is 0 Å². The monoisotopic (exact) mass is 284 g/mol. The van der Waals surface area contributed by atoms with Gasteiger partial charge < -0.3 is 10.6 Å². The van der Waals surface area contributed by atoms with Gasteiger partial charge in [-0.1, -0.05) is 41.9 Å². The number of rotatable bonds is 3. The number of halogens is 1. The molecule has 1 aromatic carbocycles. The van der Waals surface area contributed by atoms with E-state index in [4.69, 9.17) is 0 Å². The van der Waals surface area contributed by atoms with Crippen molar-refractivity contribution < 1.29 is 4.79 Å². The molecule has 0 atom stereocenters. The first-order valence-electron chi connectivity index (χ1n) is 5.17. The number of nitrogens with one attached hydrogen (secondary N) is 2. The molecule has 0 fully saturated rings. The molecule has 2 N–H and O–H groups in total. The molecule has 4 heteroatoms. The molecule has 0 radical (unpaired) electrons. The van der Waals surface area contributed by atoms with Crippen molar-refractivity contribution in [3.8, 4) is 0 Å². The summed E-state index contributed by atoms with van der Waals surface area (Å²) in [6.07, 6.45) is 0. The minimum Gasteiger partial charge on any atom is -0.341 e. The molecule has 1 rings (SSSR count). The van der Waals surface area contributed by atoms with E-state index in [0.29, 0.717) is 6.54 Å². The summed E-state index contributed by atoms with van der Waals surface area (Å²) >= 11 is 3.45. The number of benzene rings is 1. The summed E-state index contributed by atoms with van der Waals surface area (Å²) in [5.74, 6) is 0. The second-order valence-electron chi connectivity index (χ2n) is 4.33.